The highest BCUT2D eigenvalue weighted by molar-refractivity contribution is 5.80. The number of nitrogens with one attached hydrogen (secondary N) is 1. The lowest BCUT2D eigenvalue weighted by atomic mass is 10.0. The molecule has 2 fully saturated rings. The first kappa shape index (κ1) is 20.0. The number of likely N-dealkylation sites (tertiary alicyclic amines) is 2. The van der Waals surface area contributed by atoms with Crippen molar-refractivity contribution in [3.63, 3.8) is 0 Å². The molecule has 6 heteroatoms. The third-order valence-corrected chi connectivity index (χ3v) is 5.73. The number of rotatable bonds is 7. The molecule has 0 bridgehead atoms. The Labute approximate surface area is 163 Å². The predicted molar refractivity (Wildman–Crippen MR) is 109 cm³/mol. The molecule has 0 aromatic heterocycles. The van der Waals surface area contributed by atoms with Gasteiger partial charge in [-0.1, -0.05) is 18.2 Å². The summed E-state index contributed by atoms with van der Waals surface area (Å²) in [7, 11) is 5.41. The SMILES string of the molecule is CN=C(NCC(c1ccccc1OC)N1CCCC1)N1CCC(COC)C1. The molecular weight excluding hydrogens is 340 g/mol. The molecule has 0 saturated carbocycles. The standard InChI is InChI=1S/C21H34N4O2/c1-22-21(25-13-10-17(15-25)16-26-2)23-14-19(24-11-6-7-12-24)18-8-4-5-9-20(18)27-3/h4-5,8-9,17,19H,6-7,10-16H2,1-3H3,(H,22,23). The van der Waals surface area contributed by atoms with Crippen molar-refractivity contribution in [3.8, 4) is 5.75 Å². The summed E-state index contributed by atoms with van der Waals surface area (Å²) in [5.41, 5.74) is 1.25. The second kappa shape index (κ2) is 9.95. The van der Waals surface area contributed by atoms with E-state index in [0.717, 1.165) is 57.5 Å². The zero-order chi connectivity index (χ0) is 19.1. The van der Waals surface area contributed by atoms with Gasteiger partial charge in [0.05, 0.1) is 19.8 Å². The van der Waals surface area contributed by atoms with E-state index in [1.165, 1.54) is 18.4 Å². The molecule has 3 rings (SSSR count). The maximum Gasteiger partial charge on any atom is 0.193 e. The minimum Gasteiger partial charge on any atom is -0.496 e. The van der Waals surface area contributed by atoms with Crippen LogP contribution in [0.2, 0.25) is 0 Å². The van der Waals surface area contributed by atoms with Gasteiger partial charge in [0.1, 0.15) is 5.75 Å². The lowest BCUT2D eigenvalue weighted by Crippen LogP contribution is -2.44. The second-order valence-electron chi connectivity index (χ2n) is 7.48. The Morgan fingerprint density at radius 2 is 2.00 bits per heavy atom. The molecule has 2 unspecified atom stereocenters. The number of benzene rings is 1. The van der Waals surface area contributed by atoms with Gasteiger partial charge < -0.3 is 19.7 Å². The van der Waals surface area contributed by atoms with Crippen LogP contribution in [0.5, 0.6) is 5.75 Å². The summed E-state index contributed by atoms with van der Waals surface area (Å²) in [5, 5.41) is 3.64. The van der Waals surface area contributed by atoms with Gasteiger partial charge in [-0.05, 0) is 38.4 Å². The molecule has 1 N–H and O–H groups in total. The van der Waals surface area contributed by atoms with E-state index >= 15 is 0 Å². The maximum atomic E-state index is 5.65. The highest BCUT2D eigenvalue weighted by atomic mass is 16.5. The minimum atomic E-state index is 0.290. The van der Waals surface area contributed by atoms with Gasteiger partial charge in [0.15, 0.2) is 5.96 Å². The minimum absolute atomic E-state index is 0.290. The molecule has 0 spiro atoms. The number of methoxy groups -OCH3 is 2. The van der Waals surface area contributed by atoms with E-state index in [9.17, 15) is 0 Å². The summed E-state index contributed by atoms with van der Waals surface area (Å²) >= 11 is 0. The summed E-state index contributed by atoms with van der Waals surface area (Å²) in [5.74, 6) is 2.55. The Kier molecular flexibility index (Phi) is 7.35. The number of nitrogens with zero attached hydrogens (tertiary/aromatic N) is 3. The number of para-hydroxylation sites is 1. The molecule has 150 valence electrons. The summed E-state index contributed by atoms with van der Waals surface area (Å²) in [4.78, 5) is 9.46. The van der Waals surface area contributed by atoms with Crippen molar-refractivity contribution in [2.24, 2.45) is 10.9 Å². The molecule has 2 atom stereocenters. The quantitative estimate of drug-likeness (QED) is 0.587. The summed E-state index contributed by atoms with van der Waals surface area (Å²) in [6, 6.07) is 8.68. The smallest absolute Gasteiger partial charge is 0.193 e. The van der Waals surface area contributed by atoms with Crippen LogP contribution in [0.4, 0.5) is 0 Å². The normalized spacial score (nSPS) is 22.3. The Hall–Kier alpha value is -1.79. The van der Waals surface area contributed by atoms with E-state index < -0.39 is 0 Å². The van der Waals surface area contributed by atoms with Crippen molar-refractivity contribution in [2.45, 2.75) is 25.3 Å². The molecule has 2 saturated heterocycles. The Balaban J connectivity index is 1.69. The van der Waals surface area contributed by atoms with Crippen molar-refractivity contribution < 1.29 is 9.47 Å². The van der Waals surface area contributed by atoms with Gasteiger partial charge in [-0.15, -0.1) is 0 Å². The number of guanidine groups is 1. The fraction of sp³-hybridized carbons (Fsp3) is 0.667. The third kappa shape index (κ3) is 4.93. The Morgan fingerprint density at radius 3 is 2.70 bits per heavy atom. The largest absolute Gasteiger partial charge is 0.496 e. The van der Waals surface area contributed by atoms with E-state index in [1.54, 1.807) is 14.2 Å². The number of ether oxygens (including phenoxy) is 2. The first-order chi connectivity index (χ1) is 13.3. The first-order valence-electron chi connectivity index (χ1n) is 10.1. The van der Waals surface area contributed by atoms with E-state index in [4.69, 9.17) is 9.47 Å². The summed E-state index contributed by atoms with van der Waals surface area (Å²) in [6.45, 7) is 5.99. The van der Waals surface area contributed by atoms with Gasteiger partial charge in [-0.3, -0.25) is 9.89 Å². The second-order valence-corrected chi connectivity index (χ2v) is 7.48. The van der Waals surface area contributed by atoms with E-state index in [-0.39, 0.29) is 6.04 Å². The molecular formula is C21H34N4O2. The van der Waals surface area contributed by atoms with E-state index in [2.05, 4.69) is 38.3 Å². The highest BCUT2D eigenvalue weighted by Crippen LogP contribution is 2.31. The van der Waals surface area contributed by atoms with E-state index in [0.29, 0.717) is 5.92 Å². The Bertz CT molecular complexity index is 616. The molecule has 2 heterocycles. The Morgan fingerprint density at radius 1 is 1.22 bits per heavy atom. The number of aliphatic imine (C=N–C) groups is 1. The molecule has 6 nitrogen and oxygen atoms in total. The van der Waals surface area contributed by atoms with Crippen molar-refractivity contribution in [1.82, 2.24) is 15.1 Å². The van der Waals surface area contributed by atoms with Gasteiger partial charge in [0.25, 0.3) is 0 Å². The lowest BCUT2D eigenvalue weighted by Gasteiger charge is -2.31. The van der Waals surface area contributed by atoms with Crippen LogP contribution in [-0.4, -0.2) is 76.4 Å². The van der Waals surface area contributed by atoms with Crippen LogP contribution in [0.1, 0.15) is 30.9 Å². The van der Waals surface area contributed by atoms with Crippen molar-refractivity contribution in [3.05, 3.63) is 29.8 Å². The van der Waals surface area contributed by atoms with Crippen LogP contribution < -0.4 is 10.1 Å². The van der Waals surface area contributed by atoms with Crippen molar-refractivity contribution >= 4 is 5.96 Å². The van der Waals surface area contributed by atoms with Crippen LogP contribution in [0.25, 0.3) is 0 Å². The van der Waals surface area contributed by atoms with Gasteiger partial charge in [0.2, 0.25) is 0 Å². The van der Waals surface area contributed by atoms with Gasteiger partial charge in [-0.25, -0.2) is 0 Å². The summed E-state index contributed by atoms with van der Waals surface area (Å²) < 4.78 is 11.0. The zero-order valence-electron chi connectivity index (χ0n) is 17.0. The maximum absolute atomic E-state index is 5.65. The molecule has 1 aromatic rings. The molecule has 27 heavy (non-hydrogen) atoms. The van der Waals surface area contributed by atoms with Crippen LogP contribution >= 0.6 is 0 Å². The lowest BCUT2D eigenvalue weighted by molar-refractivity contribution is 0.157. The fourth-order valence-electron chi connectivity index (χ4n) is 4.35. The third-order valence-electron chi connectivity index (χ3n) is 5.73. The van der Waals surface area contributed by atoms with Crippen LogP contribution in [0.3, 0.4) is 0 Å². The fourth-order valence-corrected chi connectivity index (χ4v) is 4.35. The molecule has 1 aromatic carbocycles. The number of hydrogen-bond acceptors (Lipinski definition) is 4. The van der Waals surface area contributed by atoms with Crippen molar-refractivity contribution in [1.29, 1.82) is 0 Å². The van der Waals surface area contributed by atoms with Crippen molar-refractivity contribution in [2.75, 3.05) is 60.6 Å². The zero-order valence-corrected chi connectivity index (χ0v) is 17.0. The average molecular weight is 375 g/mol. The molecule has 0 amide bonds. The van der Waals surface area contributed by atoms with Gasteiger partial charge in [0, 0.05) is 45.3 Å². The molecule has 0 radical (unpaired) electrons. The van der Waals surface area contributed by atoms with E-state index in [1.807, 2.05) is 13.1 Å². The topological polar surface area (TPSA) is 49.3 Å². The van der Waals surface area contributed by atoms with Crippen LogP contribution in [0.15, 0.2) is 29.3 Å². The summed E-state index contributed by atoms with van der Waals surface area (Å²) in [6.07, 6.45) is 3.70. The van der Waals surface area contributed by atoms with Crippen LogP contribution in [-0.2, 0) is 4.74 Å². The van der Waals surface area contributed by atoms with Gasteiger partial charge in [-0.2, -0.15) is 0 Å². The predicted octanol–water partition coefficient (Wildman–Crippen LogP) is 2.38. The molecule has 0 aliphatic carbocycles. The molecule has 2 aliphatic rings. The average Bonchev–Trinajstić information content (AvgIpc) is 3.38. The first-order valence-corrected chi connectivity index (χ1v) is 10.1. The highest BCUT2D eigenvalue weighted by Gasteiger charge is 2.28. The molecule has 2 aliphatic heterocycles. The van der Waals surface area contributed by atoms with Gasteiger partial charge >= 0.3 is 0 Å². The number of hydrogen-bond donors (Lipinski definition) is 1. The monoisotopic (exact) mass is 374 g/mol. The van der Waals surface area contributed by atoms with Crippen LogP contribution in [0, 0.1) is 5.92 Å².